The minimum absolute atomic E-state index is 0.0250. The molecule has 0 saturated carbocycles. The number of phenolic OH excluding ortho intramolecular Hbond substituents is 4. The number of rotatable bonds is 16. The predicted molar refractivity (Wildman–Crippen MR) is 231 cm³/mol. The van der Waals surface area contributed by atoms with E-state index in [1.165, 1.54) is 30.3 Å². The Bertz CT molecular complexity index is 2610. The molecule has 0 spiro atoms. The van der Waals surface area contributed by atoms with Crippen molar-refractivity contribution < 1.29 is 133 Å². The average Bonchev–Trinajstić information content (AvgIpc) is 3.34. The van der Waals surface area contributed by atoms with Crippen molar-refractivity contribution in [2.45, 2.75) is 98.5 Å². The second-order valence-corrected chi connectivity index (χ2v) is 16.5. The predicted octanol–water partition coefficient (Wildman–Crippen LogP) is -2.97. The number of carboxylic acid groups (broad SMARTS) is 1. The van der Waals surface area contributed by atoms with E-state index in [2.05, 4.69) is 0 Å². The SMILES string of the molecule is O=C(O)CC(=O)OC[C@H]1O[C@@H](Oc2cc3c(O)cc(O)cc3[o+]c2-c2cc(O[C@@H]3O[C@@H](CO)[C@@H](O)[C@H](O)[C@@H]3O)c(O)c(O[C@@H]3O[C@H](COC(=O)/C=C/c4ccc(O)cc4)[C@@H](O)[C@H](O)[C@H]3O)c2)[C@H](O)[C@@H](O)[C@@H]1O. The number of carbonyl (C=O) groups excluding carboxylic acids is 2. The number of fused-ring (bicyclic) bond motifs is 1. The van der Waals surface area contributed by atoms with Crippen molar-refractivity contribution >= 4 is 35.0 Å². The van der Waals surface area contributed by atoms with E-state index in [4.69, 9.17) is 47.4 Å². The summed E-state index contributed by atoms with van der Waals surface area (Å²) in [4.78, 5) is 35.6. The van der Waals surface area contributed by atoms with Crippen LogP contribution in [0.1, 0.15) is 12.0 Å². The molecule has 4 aromatic rings. The van der Waals surface area contributed by atoms with Gasteiger partial charge < -0.3 is 114 Å². The fraction of sp³-hybridized carbons (Fsp3) is 0.422. The van der Waals surface area contributed by atoms with Gasteiger partial charge >= 0.3 is 29.3 Å². The third-order valence-electron chi connectivity index (χ3n) is 11.4. The van der Waals surface area contributed by atoms with Gasteiger partial charge in [-0.3, -0.25) is 9.59 Å². The standard InChI is InChI=1S/C45H48O27/c46-13-26-33(55)36(58)39(61)43(70-26)67-23-7-17(8-24(32(23)54)68-44-40(62)37(59)34(56)27(71-44)14-64-30(52)6-3-16-1-4-18(47)5-2-16)42-25(11-20-21(49)9-19(48)10-22(20)66-42)69-45-41(63)38(60)35(57)28(72-45)15-65-31(53)12-29(50)51/h1-11,26-28,33-41,43-46,55-63H,12-15H2,(H4-,47,48,49,50,51,52,54)/p+1/t26-,27+,28+,33+,34+,35+,36-,37-,38-,39-,40+,41+,43+,44+,45+/m0/s1. The van der Waals surface area contributed by atoms with Crippen LogP contribution in [0, 0.1) is 0 Å². The summed E-state index contributed by atoms with van der Waals surface area (Å²) in [7, 11) is 0. The fourth-order valence-corrected chi connectivity index (χ4v) is 7.52. The highest BCUT2D eigenvalue weighted by molar-refractivity contribution is 5.90. The van der Waals surface area contributed by atoms with Crippen LogP contribution in [0.15, 0.2) is 65.1 Å². The number of aromatic hydroxyl groups is 4. The lowest BCUT2D eigenvalue weighted by Crippen LogP contribution is -2.60. The molecule has 27 nitrogen and oxygen atoms in total. The van der Waals surface area contributed by atoms with Crippen molar-refractivity contribution in [1.82, 2.24) is 0 Å². The lowest BCUT2D eigenvalue weighted by atomic mass is 9.99. The van der Waals surface area contributed by atoms with Gasteiger partial charge in [-0.2, -0.15) is 0 Å². The minimum atomic E-state index is -2.14. The Hall–Kier alpha value is -6.70. The molecule has 390 valence electrons. The summed E-state index contributed by atoms with van der Waals surface area (Å²) in [6.45, 7) is -2.54. The lowest BCUT2D eigenvalue weighted by Gasteiger charge is -2.40. The van der Waals surface area contributed by atoms with E-state index in [0.29, 0.717) is 5.56 Å². The maximum atomic E-state index is 12.6. The van der Waals surface area contributed by atoms with Crippen molar-refractivity contribution in [2.24, 2.45) is 0 Å². The van der Waals surface area contributed by atoms with Gasteiger partial charge in [0.15, 0.2) is 11.5 Å². The normalized spacial score (nSPS) is 30.7. The molecule has 15 atom stereocenters. The van der Waals surface area contributed by atoms with Gasteiger partial charge in [0.1, 0.15) is 116 Å². The van der Waals surface area contributed by atoms with E-state index >= 15 is 0 Å². The molecule has 3 aliphatic heterocycles. The third kappa shape index (κ3) is 11.8. The van der Waals surface area contributed by atoms with Crippen molar-refractivity contribution in [1.29, 1.82) is 0 Å². The van der Waals surface area contributed by atoms with E-state index in [9.17, 15) is 85.9 Å². The van der Waals surface area contributed by atoms with Gasteiger partial charge in [-0.05, 0) is 23.8 Å². The van der Waals surface area contributed by atoms with Crippen molar-refractivity contribution in [3.8, 4) is 51.6 Å². The van der Waals surface area contributed by atoms with Crippen LogP contribution < -0.4 is 14.2 Å². The smallest absolute Gasteiger partial charge is 0.402 e. The first-order chi connectivity index (χ1) is 34.1. The molecule has 0 amide bonds. The maximum absolute atomic E-state index is 12.6. The number of aliphatic carboxylic acids is 1. The van der Waals surface area contributed by atoms with Crippen LogP contribution in [0.4, 0.5) is 0 Å². The van der Waals surface area contributed by atoms with Crippen LogP contribution in [-0.4, -0.2) is 206 Å². The summed E-state index contributed by atoms with van der Waals surface area (Å²) in [5.41, 5.74) is -0.162. The van der Waals surface area contributed by atoms with Crippen LogP contribution in [0.5, 0.6) is 40.2 Å². The number of carboxylic acids is 1. The van der Waals surface area contributed by atoms with Crippen LogP contribution >= 0.6 is 0 Å². The van der Waals surface area contributed by atoms with Crippen LogP contribution in [0.25, 0.3) is 28.4 Å². The van der Waals surface area contributed by atoms with Crippen molar-refractivity contribution in [2.75, 3.05) is 19.8 Å². The van der Waals surface area contributed by atoms with Gasteiger partial charge in [0.2, 0.25) is 30.4 Å². The number of hydrogen-bond acceptors (Lipinski definition) is 25. The molecule has 7 rings (SSSR count). The molecular weight excluding hydrogens is 972 g/mol. The molecular formula is C45H49O27+. The zero-order valence-corrected chi connectivity index (χ0v) is 36.9. The molecule has 3 fully saturated rings. The number of esters is 2. The van der Waals surface area contributed by atoms with Crippen LogP contribution in [-0.2, 0) is 38.1 Å². The Labute approximate surface area is 403 Å². The quantitative estimate of drug-likeness (QED) is 0.0231. The van der Waals surface area contributed by atoms with Crippen LogP contribution in [0.2, 0.25) is 0 Å². The first-order valence-electron chi connectivity index (χ1n) is 21.5. The number of aliphatic hydroxyl groups is 10. The van der Waals surface area contributed by atoms with Gasteiger partial charge in [-0.1, -0.05) is 12.1 Å². The lowest BCUT2D eigenvalue weighted by molar-refractivity contribution is -0.279. The van der Waals surface area contributed by atoms with E-state index in [1.54, 1.807) is 0 Å². The van der Waals surface area contributed by atoms with E-state index < -0.39 is 177 Å². The Balaban J connectivity index is 1.27. The first kappa shape index (κ1) is 53.1. The summed E-state index contributed by atoms with van der Waals surface area (Å²) in [5.74, 6) is -8.61. The molecule has 4 heterocycles. The summed E-state index contributed by atoms with van der Waals surface area (Å²) in [6.07, 6.45) is -28.0. The Morgan fingerprint density at radius 2 is 1.08 bits per heavy atom. The number of ether oxygens (including phenoxy) is 8. The third-order valence-corrected chi connectivity index (χ3v) is 11.4. The summed E-state index contributed by atoms with van der Waals surface area (Å²) in [5, 5.41) is 158. The van der Waals surface area contributed by atoms with Gasteiger partial charge in [0.05, 0.1) is 18.2 Å². The van der Waals surface area contributed by atoms with Crippen molar-refractivity contribution in [3.05, 3.63) is 66.2 Å². The molecule has 3 aliphatic rings. The topological polar surface area (TPSA) is 440 Å². The molecule has 0 radical (unpaired) electrons. The largest absolute Gasteiger partial charge is 0.508 e. The number of aliphatic hydroxyl groups excluding tert-OH is 10. The monoisotopic (exact) mass is 1020 g/mol. The molecule has 0 aliphatic carbocycles. The molecule has 72 heavy (non-hydrogen) atoms. The van der Waals surface area contributed by atoms with Crippen molar-refractivity contribution in [3.63, 3.8) is 0 Å². The zero-order chi connectivity index (χ0) is 52.3. The summed E-state index contributed by atoms with van der Waals surface area (Å²) in [6, 6.07) is 10.6. The highest BCUT2D eigenvalue weighted by Crippen LogP contribution is 2.47. The number of carbonyl (C=O) groups is 3. The fourth-order valence-electron chi connectivity index (χ4n) is 7.52. The van der Waals surface area contributed by atoms with Crippen LogP contribution in [0.3, 0.4) is 0 Å². The zero-order valence-electron chi connectivity index (χ0n) is 36.9. The number of phenols is 4. The number of benzene rings is 3. The molecule has 3 saturated heterocycles. The Morgan fingerprint density at radius 1 is 0.583 bits per heavy atom. The second kappa shape index (κ2) is 22.4. The van der Waals surface area contributed by atoms with Gasteiger partial charge in [-0.15, -0.1) is 0 Å². The highest BCUT2D eigenvalue weighted by atomic mass is 16.7. The summed E-state index contributed by atoms with van der Waals surface area (Å²) >= 11 is 0. The summed E-state index contributed by atoms with van der Waals surface area (Å²) < 4.78 is 50.6. The maximum Gasteiger partial charge on any atom is 0.402 e. The molecule has 0 bridgehead atoms. The Morgan fingerprint density at radius 3 is 1.61 bits per heavy atom. The van der Waals surface area contributed by atoms with Gasteiger partial charge in [0, 0.05) is 30.3 Å². The minimum Gasteiger partial charge on any atom is -0.508 e. The highest BCUT2D eigenvalue weighted by Gasteiger charge is 2.49. The molecule has 3 aromatic carbocycles. The number of hydrogen-bond donors (Lipinski definition) is 15. The van der Waals surface area contributed by atoms with Gasteiger partial charge in [-0.25, -0.2) is 9.21 Å². The molecule has 1 aromatic heterocycles. The second-order valence-electron chi connectivity index (χ2n) is 16.5. The van der Waals surface area contributed by atoms with Gasteiger partial charge in [0.25, 0.3) is 0 Å². The molecule has 0 unspecified atom stereocenters. The van der Waals surface area contributed by atoms with E-state index in [-0.39, 0.29) is 22.3 Å². The first-order valence-corrected chi connectivity index (χ1v) is 21.5. The molecule has 15 N–H and O–H groups in total. The van der Waals surface area contributed by atoms with E-state index in [1.807, 2.05) is 0 Å². The average molecular weight is 1020 g/mol. The van der Waals surface area contributed by atoms with E-state index in [0.717, 1.165) is 36.4 Å². The Kier molecular flexibility index (Phi) is 16.5. The molecule has 27 heteroatoms.